The fourth-order valence-corrected chi connectivity index (χ4v) is 14.2. The van der Waals surface area contributed by atoms with Gasteiger partial charge in [0.05, 0.1) is 4.91 Å². The average Bonchev–Trinajstić information content (AvgIpc) is 3.57. The van der Waals surface area contributed by atoms with E-state index in [1.165, 1.54) is 49.9 Å². The Morgan fingerprint density at radius 2 is 1.24 bits per heavy atom. The zero-order valence-electron chi connectivity index (χ0n) is 21.4. The number of hydrogen-bond donors (Lipinski definition) is 0. The van der Waals surface area contributed by atoms with Crippen molar-refractivity contribution in [2.24, 2.45) is 57.2 Å². The SMILES string of the molecule is CC1(C)[C@H]2CC[C@]1(C)[C@@H](SC1=C(S[C@H]3C[C@@H]4CC[C@@]3(C)C4(C)C)C3C4C=CC(C4)C3C1=O)C2. The highest BCUT2D eigenvalue weighted by Gasteiger charge is 2.65. The van der Waals surface area contributed by atoms with E-state index < -0.39 is 0 Å². The van der Waals surface area contributed by atoms with E-state index in [1.54, 1.807) is 4.91 Å². The average molecular weight is 483 g/mol. The molecule has 3 heteroatoms. The van der Waals surface area contributed by atoms with E-state index >= 15 is 0 Å². The highest BCUT2D eigenvalue weighted by atomic mass is 32.2. The Bertz CT molecular complexity index is 989. The normalized spacial score (nSPS) is 54.3. The van der Waals surface area contributed by atoms with Crippen molar-refractivity contribution in [1.82, 2.24) is 0 Å². The summed E-state index contributed by atoms with van der Waals surface area (Å²) in [6.07, 6.45) is 14.3. The second kappa shape index (κ2) is 6.58. The number of hydrogen-bond acceptors (Lipinski definition) is 3. The summed E-state index contributed by atoms with van der Waals surface area (Å²) in [5.41, 5.74) is 1.65. The molecule has 0 radical (unpaired) electrons. The second-order valence-electron chi connectivity index (χ2n) is 14.5. The Morgan fingerprint density at radius 1 is 0.727 bits per heavy atom. The third-order valence-electron chi connectivity index (χ3n) is 13.5. The maximum absolute atomic E-state index is 14.1. The maximum Gasteiger partial charge on any atom is 0.174 e. The molecule has 0 aromatic carbocycles. The Balaban J connectivity index is 1.25. The topological polar surface area (TPSA) is 17.1 Å². The quantitative estimate of drug-likeness (QED) is 0.377. The summed E-state index contributed by atoms with van der Waals surface area (Å²) in [5, 5.41) is 1.32. The molecule has 0 heterocycles. The minimum Gasteiger partial charge on any atom is -0.293 e. The Hall–Kier alpha value is -0.150. The molecule has 0 spiro atoms. The molecule has 7 rings (SSSR count). The molecular formula is C30H42OS2. The van der Waals surface area contributed by atoms with E-state index in [0.717, 1.165) is 11.8 Å². The van der Waals surface area contributed by atoms with Gasteiger partial charge in [-0.1, -0.05) is 53.7 Å². The molecule has 5 fully saturated rings. The number of carbonyl (C=O) groups is 1. The van der Waals surface area contributed by atoms with Crippen LogP contribution in [0.3, 0.4) is 0 Å². The van der Waals surface area contributed by atoms with Gasteiger partial charge in [-0.2, -0.15) is 0 Å². The van der Waals surface area contributed by atoms with Gasteiger partial charge in [0.2, 0.25) is 0 Å². The third-order valence-corrected chi connectivity index (χ3v) is 17.0. The number of ketones is 1. The molecule has 4 unspecified atom stereocenters. The third kappa shape index (κ3) is 2.49. The van der Waals surface area contributed by atoms with Gasteiger partial charge in [0.1, 0.15) is 0 Å². The highest BCUT2D eigenvalue weighted by Crippen LogP contribution is 2.73. The van der Waals surface area contributed by atoms with Gasteiger partial charge in [0.15, 0.2) is 5.78 Å². The van der Waals surface area contributed by atoms with Crippen molar-refractivity contribution >= 4 is 29.3 Å². The smallest absolute Gasteiger partial charge is 0.174 e. The lowest BCUT2D eigenvalue weighted by molar-refractivity contribution is -0.119. The second-order valence-corrected chi connectivity index (χ2v) is 16.9. The zero-order valence-corrected chi connectivity index (χ0v) is 23.1. The Kier molecular flexibility index (Phi) is 4.41. The molecule has 0 aliphatic heterocycles. The van der Waals surface area contributed by atoms with Crippen LogP contribution in [0.4, 0.5) is 0 Å². The number of allylic oxidation sites excluding steroid dienone is 4. The fraction of sp³-hybridized carbons (Fsp3) is 0.833. The number of carbonyl (C=O) groups excluding carboxylic acids is 1. The molecule has 1 nitrogen and oxygen atoms in total. The standard InChI is InChI=1S/C30H42OS2/c1-27(2)18-9-11-29(27,5)20(14-18)32-25-23-17-8-7-16(13-17)22(23)24(31)26(25)33-21-15-19-10-12-30(21,6)28(19,3)4/h7-8,16-23H,9-15H2,1-6H3/t16?,17?,18-,19-,20-,21-,22?,23?,29+,30+/m0/s1. The first-order valence-electron chi connectivity index (χ1n) is 13.8. The molecule has 7 aliphatic carbocycles. The van der Waals surface area contributed by atoms with Crippen molar-refractivity contribution in [3.63, 3.8) is 0 Å². The van der Waals surface area contributed by atoms with Gasteiger partial charge in [-0.05, 0) is 90.3 Å². The van der Waals surface area contributed by atoms with Crippen LogP contribution in [0.2, 0.25) is 0 Å². The van der Waals surface area contributed by atoms with E-state index in [9.17, 15) is 4.79 Å². The largest absolute Gasteiger partial charge is 0.293 e. The predicted molar refractivity (Wildman–Crippen MR) is 141 cm³/mol. The van der Waals surface area contributed by atoms with Gasteiger partial charge in [-0.3, -0.25) is 4.79 Å². The molecule has 5 saturated carbocycles. The van der Waals surface area contributed by atoms with Crippen molar-refractivity contribution < 1.29 is 4.79 Å². The molecule has 33 heavy (non-hydrogen) atoms. The predicted octanol–water partition coefficient (Wildman–Crippen LogP) is 8.12. The van der Waals surface area contributed by atoms with Gasteiger partial charge in [0.25, 0.3) is 0 Å². The molecule has 0 aromatic heterocycles. The van der Waals surface area contributed by atoms with Crippen LogP contribution in [-0.2, 0) is 4.79 Å². The van der Waals surface area contributed by atoms with Gasteiger partial charge >= 0.3 is 0 Å². The van der Waals surface area contributed by atoms with Crippen molar-refractivity contribution in [2.75, 3.05) is 0 Å². The first-order valence-corrected chi connectivity index (χ1v) is 15.5. The fourth-order valence-electron chi connectivity index (χ4n) is 10.1. The summed E-state index contributed by atoms with van der Waals surface area (Å²) in [6, 6.07) is 0. The van der Waals surface area contributed by atoms with E-state index in [-0.39, 0.29) is 5.92 Å². The summed E-state index contributed by atoms with van der Waals surface area (Å²) in [6.45, 7) is 15.2. The molecule has 180 valence electrons. The van der Waals surface area contributed by atoms with Crippen LogP contribution in [0.1, 0.15) is 86.5 Å². The van der Waals surface area contributed by atoms with Crippen LogP contribution in [0.15, 0.2) is 22.0 Å². The summed E-state index contributed by atoms with van der Waals surface area (Å²) in [4.78, 5) is 16.9. The van der Waals surface area contributed by atoms with Crippen LogP contribution < -0.4 is 0 Å². The summed E-state index contributed by atoms with van der Waals surface area (Å²) in [7, 11) is 0. The van der Waals surface area contributed by atoms with E-state index in [2.05, 4.69) is 77.2 Å². The first-order chi connectivity index (χ1) is 15.5. The zero-order chi connectivity index (χ0) is 23.1. The Labute approximate surface area is 209 Å². The Morgan fingerprint density at radius 3 is 1.73 bits per heavy atom. The van der Waals surface area contributed by atoms with Crippen LogP contribution in [0, 0.1) is 57.2 Å². The summed E-state index contributed by atoms with van der Waals surface area (Å²) < 4.78 is 0. The highest BCUT2D eigenvalue weighted by molar-refractivity contribution is 8.08. The van der Waals surface area contributed by atoms with Crippen LogP contribution in [0.5, 0.6) is 0 Å². The molecule has 0 N–H and O–H groups in total. The number of Topliss-reactive ketones (excluding diaryl/α,β-unsaturated/α-hetero) is 1. The lowest BCUT2D eigenvalue weighted by Crippen LogP contribution is -2.34. The van der Waals surface area contributed by atoms with Crippen LogP contribution in [-0.4, -0.2) is 16.3 Å². The lowest BCUT2D eigenvalue weighted by atomic mass is 9.71. The van der Waals surface area contributed by atoms with Crippen molar-refractivity contribution in [2.45, 2.75) is 97.0 Å². The minimum atomic E-state index is 0.267. The van der Waals surface area contributed by atoms with Crippen molar-refractivity contribution in [3.8, 4) is 0 Å². The number of rotatable bonds is 4. The minimum absolute atomic E-state index is 0.267. The number of fused-ring (bicyclic) bond motifs is 9. The van der Waals surface area contributed by atoms with Gasteiger partial charge in [-0.25, -0.2) is 0 Å². The molecule has 0 saturated heterocycles. The van der Waals surface area contributed by atoms with E-state index in [0.29, 0.717) is 55.7 Å². The number of thioether (sulfide) groups is 2. The van der Waals surface area contributed by atoms with Crippen molar-refractivity contribution in [1.29, 1.82) is 0 Å². The first kappa shape index (κ1) is 22.1. The van der Waals surface area contributed by atoms with E-state index in [1.807, 2.05) is 0 Å². The van der Waals surface area contributed by atoms with Crippen LogP contribution >= 0.6 is 23.5 Å². The summed E-state index contributed by atoms with van der Waals surface area (Å²) in [5.74, 6) is 4.16. The molecule has 0 aromatic rings. The molecule has 6 bridgehead atoms. The molecule has 0 amide bonds. The van der Waals surface area contributed by atoms with Gasteiger partial charge in [0, 0.05) is 27.2 Å². The summed E-state index contributed by atoms with van der Waals surface area (Å²) >= 11 is 4.28. The van der Waals surface area contributed by atoms with Gasteiger partial charge < -0.3 is 0 Å². The lowest BCUT2D eigenvalue weighted by Gasteiger charge is -2.40. The monoisotopic (exact) mass is 482 g/mol. The molecule has 10 atom stereocenters. The maximum atomic E-state index is 14.1. The molecular weight excluding hydrogens is 440 g/mol. The van der Waals surface area contributed by atoms with Crippen LogP contribution in [0.25, 0.3) is 0 Å². The van der Waals surface area contributed by atoms with Gasteiger partial charge in [-0.15, -0.1) is 23.5 Å². The van der Waals surface area contributed by atoms with E-state index in [4.69, 9.17) is 0 Å². The van der Waals surface area contributed by atoms with Crippen molar-refractivity contribution in [3.05, 3.63) is 22.0 Å². The molecule has 7 aliphatic rings.